The maximum atomic E-state index is 11.9. The first-order valence-electron chi connectivity index (χ1n) is 5.85. The molecular formula is C15H13Cl2NO. The molecule has 1 amide bonds. The van der Waals surface area contributed by atoms with Crippen molar-refractivity contribution in [2.75, 3.05) is 5.32 Å². The molecule has 0 aliphatic heterocycles. The highest BCUT2D eigenvalue weighted by molar-refractivity contribution is 6.31. The van der Waals surface area contributed by atoms with Crippen LogP contribution in [0.15, 0.2) is 42.5 Å². The minimum absolute atomic E-state index is 0.0762. The molecule has 0 saturated carbocycles. The predicted molar refractivity (Wildman–Crippen MR) is 80.0 cm³/mol. The molecule has 2 aromatic rings. The molecule has 0 saturated heterocycles. The van der Waals surface area contributed by atoms with Crippen LogP contribution in [0.5, 0.6) is 0 Å². The van der Waals surface area contributed by atoms with Crippen LogP contribution in [-0.4, -0.2) is 5.91 Å². The Kier molecular flexibility index (Phi) is 4.46. The number of anilines is 1. The van der Waals surface area contributed by atoms with Crippen molar-refractivity contribution in [3.63, 3.8) is 0 Å². The summed E-state index contributed by atoms with van der Waals surface area (Å²) in [6, 6.07) is 12.6. The molecule has 2 aromatic carbocycles. The van der Waals surface area contributed by atoms with E-state index >= 15 is 0 Å². The summed E-state index contributed by atoms with van der Waals surface area (Å²) < 4.78 is 0. The lowest BCUT2D eigenvalue weighted by Crippen LogP contribution is -2.15. The summed E-state index contributed by atoms with van der Waals surface area (Å²) in [5.41, 5.74) is 2.64. The third kappa shape index (κ3) is 3.98. The average molecular weight is 294 g/mol. The van der Waals surface area contributed by atoms with Crippen molar-refractivity contribution in [1.29, 1.82) is 0 Å². The molecule has 2 nitrogen and oxygen atoms in total. The summed E-state index contributed by atoms with van der Waals surface area (Å²) in [5, 5.41) is 4.12. The number of benzene rings is 2. The lowest BCUT2D eigenvalue weighted by atomic mass is 10.1. The van der Waals surface area contributed by atoms with Crippen molar-refractivity contribution in [2.45, 2.75) is 13.3 Å². The van der Waals surface area contributed by atoms with Crippen molar-refractivity contribution in [3.8, 4) is 0 Å². The fourth-order valence-electron chi connectivity index (χ4n) is 1.71. The second-order valence-electron chi connectivity index (χ2n) is 4.31. The molecule has 0 fully saturated rings. The standard InChI is InChI=1S/C15H13Cl2NO/c1-10-2-5-13(17)9-14(10)18-15(19)8-11-3-6-12(16)7-4-11/h2-7,9H,8H2,1H3,(H,18,19). The fraction of sp³-hybridized carbons (Fsp3) is 0.133. The molecule has 0 heterocycles. The second kappa shape index (κ2) is 6.09. The number of carbonyl (C=O) groups is 1. The van der Waals surface area contributed by atoms with Crippen LogP contribution in [0.2, 0.25) is 10.0 Å². The van der Waals surface area contributed by atoms with Gasteiger partial charge in [-0.2, -0.15) is 0 Å². The number of hydrogen-bond donors (Lipinski definition) is 1. The van der Waals surface area contributed by atoms with Crippen molar-refractivity contribution in [1.82, 2.24) is 0 Å². The summed E-state index contributed by atoms with van der Waals surface area (Å²) in [5.74, 6) is -0.0762. The van der Waals surface area contributed by atoms with Crippen LogP contribution < -0.4 is 5.32 Å². The molecule has 1 N–H and O–H groups in total. The molecule has 0 unspecified atom stereocenters. The van der Waals surface area contributed by atoms with Crippen molar-refractivity contribution >= 4 is 34.8 Å². The Morgan fingerprint density at radius 3 is 2.37 bits per heavy atom. The zero-order valence-corrected chi connectivity index (χ0v) is 11.9. The first kappa shape index (κ1) is 13.9. The molecular weight excluding hydrogens is 281 g/mol. The Bertz CT molecular complexity index is 594. The summed E-state index contributed by atoms with van der Waals surface area (Å²) in [7, 11) is 0. The zero-order valence-electron chi connectivity index (χ0n) is 10.4. The highest BCUT2D eigenvalue weighted by Crippen LogP contribution is 2.20. The maximum absolute atomic E-state index is 11.9. The van der Waals surface area contributed by atoms with Crippen LogP contribution in [0.1, 0.15) is 11.1 Å². The fourth-order valence-corrected chi connectivity index (χ4v) is 2.01. The zero-order chi connectivity index (χ0) is 13.8. The minimum Gasteiger partial charge on any atom is -0.326 e. The van der Waals surface area contributed by atoms with E-state index in [1.165, 1.54) is 0 Å². The quantitative estimate of drug-likeness (QED) is 0.888. The van der Waals surface area contributed by atoms with Gasteiger partial charge in [0.05, 0.1) is 6.42 Å². The van der Waals surface area contributed by atoms with E-state index in [1.807, 2.05) is 25.1 Å². The highest BCUT2D eigenvalue weighted by atomic mass is 35.5. The van der Waals surface area contributed by atoms with Crippen LogP contribution in [0.4, 0.5) is 5.69 Å². The Morgan fingerprint density at radius 2 is 1.68 bits per heavy atom. The van der Waals surface area contributed by atoms with Crippen LogP contribution in [0.25, 0.3) is 0 Å². The normalized spacial score (nSPS) is 10.3. The first-order chi connectivity index (χ1) is 9.04. The topological polar surface area (TPSA) is 29.1 Å². The molecule has 2 rings (SSSR count). The second-order valence-corrected chi connectivity index (χ2v) is 5.18. The Labute approximate surface area is 122 Å². The van der Waals surface area contributed by atoms with Crippen LogP contribution in [-0.2, 0) is 11.2 Å². The lowest BCUT2D eigenvalue weighted by Gasteiger charge is -2.09. The van der Waals surface area contributed by atoms with Gasteiger partial charge in [0.1, 0.15) is 0 Å². The molecule has 0 aromatic heterocycles. The van der Waals surface area contributed by atoms with Gasteiger partial charge in [-0.1, -0.05) is 41.4 Å². The van der Waals surface area contributed by atoms with E-state index in [0.717, 1.165) is 16.8 Å². The summed E-state index contributed by atoms with van der Waals surface area (Å²) in [4.78, 5) is 11.9. The third-order valence-electron chi connectivity index (χ3n) is 2.75. The smallest absolute Gasteiger partial charge is 0.228 e. The van der Waals surface area contributed by atoms with E-state index in [2.05, 4.69) is 5.32 Å². The number of carbonyl (C=O) groups excluding carboxylic acids is 1. The Hall–Kier alpha value is -1.51. The summed E-state index contributed by atoms with van der Waals surface area (Å²) >= 11 is 11.7. The van der Waals surface area contributed by atoms with Gasteiger partial charge in [-0.25, -0.2) is 0 Å². The molecule has 98 valence electrons. The van der Waals surface area contributed by atoms with Crippen molar-refractivity contribution in [3.05, 3.63) is 63.6 Å². The Balaban J connectivity index is 2.05. The monoisotopic (exact) mass is 293 g/mol. The minimum atomic E-state index is -0.0762. The third-order valence-corrected chi connectivity index (χ3v) is 3.24. The largest absolute Gasteiger partial charge is 0.326 e. The van der Waals surface area contributed by atoms with Gasteiger partial charge in [0.2, 0.25) is 5.91 Å². The van der Waals surface area contributed by atoms with Crippen molar-refractivity contribution in [2.24, 2.45) is 0 Å². The SMILES string of the molecule is Cc1ccc(Cl)cc1NC(=O)Cc1ccc(Cl)cc1. The van der Waals surface area contributed by atoms with Crippen molar-refractivity contribution < 1.29 is 4.79 Å². The summed E-state index contributed by atoms with van der Waals surface area (Å²) in [6.45, 7) is 1.92. The first-order valence-corrected chi connectivity index (χ1v) is 6.60. The lowest BCUT2D eigenvalue weighted by molar-refractivity contribution is -0.115. The Morgan fingerprint density at radius 1 is 1.05 bits per heavy atom. The molecule has 0 bridgehead atoms. The summed E-state index contributed by atoms with van der Waals surface area (Å²) in [6.07, 6.45) is 0.309. The molecule has 0 spiro atoms. The van der Waals surface area contributed by atoms with Gasteiger partial charge in [0.15, 0.2) is 0 Å². The van der Waals surface area contributed by atoms with E-state index in [1.54, 1.807) is 24.3 Å². The van der Waals surface area contributed by atoms with Gasteiger partial charge < -0.3 is 5.32 Å². The van der Waals surface area contributed by atoms with Gasteiger partial charge in [-0.15, -0.1) is 0 Å². The predicted octanol–water partition coefficient (Wildman–Crippen LogP) is 4.48. The molecule has 19 heavy (non-hydrogen) atoms. The number of amides is 1. The van der Waals surface area contributed by atoms with Gasteiger partial charge in [0, 0.05) is 15.7 Å². The van der Waals surface area contributed by atoms with E-state index in [4.69, 9.17) is 23.2 Å². The molecule has 0 radical (unpaired) electrons. The van der Waals surface area contributed by atoms with E-state index in [0.29, 0.717) is 16.5 Å². The molecule has 0 atom stereocenters. The van der Waals surface area contributed by atoms with E-state index in [-0.39, 0.29) is 5.91 Å². The maximum Gasteiger partial charge on any atom is 0.228 e. The van der Waals surface area contributed by atoms with E-state index < -0.39 is 0 Å². The van der Waals surface area contributed by atoms with Gasteiger partial charge in [-0.3, -0.25) is 4.79 Å². The van der Waals surface area contributed by atoms with Crippen LogP contribution in [0, 0.1) is 6.92 Å². The van der Waals surface area contributed by atoms with Crippen LogP contribution >= 0.6 is 23.2 Å². The number of nitrogens with one attached hydrogen (secondary N) is 1. The number of rotatable bonds is 3. The van der Waals surface area contributed by atoms with Crippen LogP contribution in [0.3, 0.4) is 0 Å². The molecule has 0 aliphatic rings. The van der Waals surface area contributed by atoms with E-state index in [9.17, 15) is 4.79 Å². The number of halogens is 2. The highest BCUT2D eigenvalue weighted by Gasteiger charge is 2.06. The molecule has 4 heteroatoms. The molecule has 0 aliphatic carbocycles. The number of hydrogen-bond acceptors (Lipinski definition) is 1. The number of aryl methyl sites for hydroxylation is 1. The van der Waals surface area contributed by atoms with Gasteiger partial charge in [-0.05, 0) is 42.3 Å². The van der Waals surface area contributed by atoms with Gasteiger partial charge in [0.25, 0.3) is 0 Å². The average Bonchev–Trinajstić information content (AvgIpc) is 2.37. The van der Waals surface area contributed by atoms with Gasteiger partial charge >= 0.3 is 0 Å².